The molecule has 0 spiro atoms. The molecule has 9 nitrogen and oxygen atoms in total. The molecule has 1 aliphatic rings. The maximum atomic E-state index is 13.7. The number of hydrogen-bond donors (Lipinski definition) is 1. The molecule has 1 saturated heterocycles. The molecule has 5 rings (SSSR count). The van der Waals surface area contributed by atoms with Crippen molar-refractivity contribution >= 4 is 49.7 Å². The number of nitrogens with one attached hydrogen (secondary N) is 1. The summed E-state index contributed by atoms with van der Waals surface area (Å²) in [5, 5.41) is 5.12. The molecule has 4 aromatic rings. The first-order valence-corrected chi connectivity index (χ1v) is 16.4. The maximum absolute atomic E-state index is 13.7. The Morgan fingerprint density at radius 3 is 2.26 bits per heavy atom. The van der Waals surface area contributed by atoms with E-state index in [4.69, 9.17) is 11.6 Å². The highest BCUT2D eigenvalue weighted by atomic mass is 35.5. The first-order chi connectivity index (χ1) is 20.8. The minimum atomic E-state index is -3.57. The molecule has 0 bridgehead atoms. The zero-order valence-corrected chi connectivity index (χ0v) is 25.3. The maximum Gasteiger partial charge on any atom is 0.251 e. The van der Waals surface area contributed by atoms with Crippen molar-refractivity contribution in [2.75, 3.05) is 43.4 Å². The van der Waals surface area contributed by atoms with E-state index in [0.717, 1.165) is 29.5 Å². The van der Waals surface area contributed by atoms with Crippen LogP contribution in [0.15, 0.2) is 90.3 Å². The number of carbonyl (C=O) groups is 2. The van der Waals surface area contributed by atoms with Crippen LogP contribution in [0.5, 0.6) is 0 Å². The van der Waals surface area contributed by atoms with Crippen molar-refractivity contribution < 1.29 is 18.0 Å². The van der Waals surface area contributed by atoms with E-state index in [1.165, 1.54) is 0 Å². The van der Waals surface area contributed by atoms with Crippen LogP contribution in [0, 0.1) is 5.92 Å². The Morgan fingerprint density at radius 1 is 0.884 bits per heavy atom. The van der Waals surface area contributed by atoms with Gasteiger partial charge in [0.1, 0.15) is 0 Å². The van der Waals surface area contributed by atoms with E-state index in [1.807, 2.05) is 12.1 Å². The smallest absolute Gasteiger partial charge is 0.251 e. The average molecular weight is 620 g/mol. The van der Waals surface area contributed by atoms with Gasteiger partial charge in [-0.3, -0.25) is 19.6 Å². The van der Waals surface area contributed by atoms with Gasteiger partial charge in [-0.25, -0.2) is 8.42 Å². The molecule has 1 fully saturated rings. The summed E-state index contributed by atoms with van der Waals surface area (Å²) in [6.07, 6.45) is 8.29. The fraction of sp³-hybridized carbons (Fsp3) is 0.312. The lowest BCUT2D eigenvalue weighted by atomic mass is 9.94. The molecule has 0 aliphatic carbocycles. The van der Waals surface area contributed by atoms with Crippen molar-refractivity contribution in [2.45, 2.75) is 24.2 Å². The van der Waals surface area contributed by atoms with Gasteiger partial charge in [0.2, 0.25) is 5.91 Å². The van der Waals surface area contributed by atoms with Gasteiger partial charge < -0.3 is 15.1 Å². The van der Waals surface area contributed by atoms with Crippen LogP contribution in [0.4, 0.5) is 5.69 Å². The molecule has 43 heavy (non-hydrogen) atoms. The molecule has 1 N–H and O–H groups in total. The molecule has 11 heteroatoms. The van der Waals surface area contributed by atoms with Crippen LogP contribution in [-0.2, 0) is 14.6 Å². The zero-order chi connectivity index (χ0) is 30.2. The average Bonchev–Trinajstić information content (AvgIpc) is 3.04. The highest BCUT2D eigenvalue weighted by Crippen LogP contribution is 2.26. The first-order valence-electron chi connectivity index (χ1n) is 14.3. The number of rotatable bonds is 11. The van der Waals surface area contributed by atoms with Gasteiger partial charge in [0, 0.05) is 79.7 Å². The van der Waals surface area contributed by atoms with Crippen LogP contribution in [0.25, 0.3) is 10.8 Å². The quantitative estimate of drug-likeness (QED) is 0.261. The molecule has 2 amide bonds. The Kier molecular flexibility index (Phi) is 9.89. The Hall–Kier alpha value is -4.02. The predicted octanol–water partition coefficient (Wildman–Crippen LogP) is 4.62. The molecular weight excluding hydrogens is 586 g/mol. The lowest BCUT2D eigenvalue weighted by Crippen LogP contribution is -2.45. The molecule has 2 aromatic heterocycles. The van der Waals surface area contributed by atoms with Gasteiger partial charge in [-0.05, 0) is 78.6 Å². The fourth-order valence-electron chi connectivity index (χ4n) is 5.39. The molecule has 0 saturated carbocycles. The van der Waals surface area contributed by atoms with E-state index in [-0.39, 0.29) is 54.4 Å². The lowest BCUT2D eigenvalue weighted by Gasteiger charge is -2.35. The summed E-state index contributed by atoms with van der Waals surface area (Å²) in [5.74, 6) is -0.522. The number of pyridine rings is 2. The van der Waals surface area contributed by atoms with Crippen molar-refractivity contribution in [1.82, 2.24) is 20.2 Å². The Bertz CT molecular complexity index is 1660. The van der Waals surface area contributed by atoms with Gasteiger partial charge in [-0.2, -0.15) is 0 Å². The number of carbonyl (C=O) groups excluding carboxylic acids is 2. The third-order valence-corrected chi connectivity index (χ3v) is 9.80. The van der Waals surface area contributed by atoms with Crippen LogP contribution in [0.2, 0.25) is 5.02 Å². The first kappa shape index (κ1) is 30.4. The number of aromatic nitrogens is 2. The molecule has 0 radical (unpaired) electrons. The largest absolute Gasteiger partial charge is 0.371 e. The summed E-state index contributed by atoms with van der Waals surface area (Å²) in [6.45, 7) is 2.31. The number of sulfone groups is 1. The second-order valence-electron chi connectivity index (χ2n) is 10.6. The van der Waals surface area contributed by atoms with E-state index in [0.29, 0.717) is 23.4 Å². The minimum absolute atomic E-state index is 0.00693. The Labute approximate surface area is 256 Å². The van der Waals surface area contributed by atoms with Crippen molar-refractivity contribution in [1.29, 1.82) is 0 Å². The van der Waals surface area contributed by atoms with Gasteiger partial charge in [0.15, 0.2) is 9.84 Å². The molecule has 3 heterocycles. The van der Waals surface area contributed by atoms with E-state index in [9.17, 15) is 18.0 Å². The van der Waals surface area contributed by atoms with Gasteiger partial charge in [0.05, 0.1) is 10.6 Å². The highest BCUT2D eigenvalue weighted by Gasteiger charge is 2.29. The topological polar surface area (TPSA) is 113 Å². The number of benzene rings is 2. The van der Waals surface area contributed by atoms with E-state index < -0.39 is 9.84 Å². The number of nitrogens with zero attached hydrogens (tertiary/aromatic N) is 4. The van der Waals surface area contributed by atoms with Crippen LogP contribution < -0.4 is 10.2 Å². The number of halogens is 1. The summed E-state index contributed by atoms with van der Waals surface area (Å²) in [4.78, 5) is 38.5. The van der Waals surface area contributed by atoms with Gasteiger partial charge in [0.25, 0.3) is 5.91 Å². The van der Waals surface area contributed by atoms with Crippen LogP contribution >= 0.6 is 11.6 Å². The van der Waals surface area contributed by atoms with Crippen LogP contribution in [0.3, 0.4) is 0 Å². The second kappa shape index (κ2) is 14.0. The van der Waals surface area contributed by atoms with Gasteiger partial charge in [-0.1, -0.05) is 23.7 Å². The zero-order valence-electron chi connectivity index (χ0n) is 23.7. The third kappa shape index (κ3) is 7.88. The third-order valence-electron chi connectivity index (χ3n) is 7.77. The van der Waals surface area contributed by atoms with Gasteiger partial charge in [-0.15, -0.1) is 0 Å². The fourth-order valence-corrected chi connectivity index (χ4v) is 6.90. The predicted molar refractivity (Wildman–Crippen MR) is 168 cm³/mol. The van der Waals surface area contributed by atoms with Crippen LogP contribution in [0.1, 0.15) is 29.6 Å². The summed E-state index contributed by atoms with van der Waals surface area (Å²) in [6, 6.07) is 17.5. The summed E-state index contributed by atoms with van der Waals surface area (Å²) in [7, 11) is -3.57. The standard InChI is InChI=1S/C32H34ClN5O4S/c33-28-4-2-27-23-30(5-3-26(27)22-28)43(41,42)21-1-17-38(20-16-36-31(39)24-6-12-34-13-7-24)32(40)25-10-18-37(19-11-25)29-8-14-35-15-9-29/h2-9,12-15,22-23,25H,1,10-11,16-21H2,(H,36,39). The van der Waals surface area contributed by atoms with E-state index >= 15 is 0 Å². The second-order valence-corrected chi connectivity index (χ2v) is 13.2. The number of fused-ring (bicyclic) bond motifs is 1. The normalized spacial score (nSPS) is 14.0. The van der Waals surface area contributed by atoms with Crippen molar-refractivity contribution in [3.8, 4) is 0 Å². The lowest BCUT2D eigenvalue weighted by molar-refractivity contribution is -0.136. The molecule has 0 atom stereocenters. The van der Waals surface area contributed by atoms with Crippen molar-refractivity contribution in [2.24, 2.45) is 5.92 Å². The SMILES string of the molecule is O=C(NCCN(CCCS(=O)(=O)c1ccc2cc(Cl)ccc2c1)C(=O)C1CCN(c2ccncc2)CC1)c1ccncc1. The van der Waals surface area contributed by atoms with Crippen LogP contribution in [-0.4, -0.2) is 73.6 Å². The molecule has 2 aromatic carbocycles. The van der Waals surface area contributed by atoms with Crippen molar-refractivity contribution in [3.63, 3.8) is 0 Å². The number of anilines is 1. The monoisotopic (exact) mass is 619 g/mol. The summed E-state index contributed by atoms with van der Waals surface area (Å²) in [5.41, 5.74) is 1.57. The molecular formula is C32H34ClN5O4S. The summed E-state index contributed by atoms with van der Waals surface area (Å²) >= 11 is 6.07. The van der Waals surface area contributed by atoms with Gasteiger partial charge >= 0.3 is 0 Å². The molecule has 0 unspecified atom stereocenters. The Morgan fingerprint density at radius 2 is 1.53 bits per heavy atom. The number of amides is 2. The summed E-state index contributed by atoms with van der Waals surface area (Å²) < 4.78 is 26.5. The minimum Gasteiger partial charge on any atom is -0.371 e. The Balaban J connectivity index is 1.22. The number of hydrogen-bond acceptors (Lipinski definition) is 7. The van der Waals surface area contributed by atoms with Crippen molar-refractivity contribution in [3.05, 3.63) is 96.0 Å². The number of piperidine rings is 1. The van der Waals surface area contributed by atoms with E-state index in [2.05, 4.69) is 20.2 Å². The van der Waals surface area contributed by atoms with E-state index in [1.54, 1.807) is 78.2 Å². The highest BCUT2D eigenvalue weighted by molar-refractivity contribution is 7.91. The molecule has 1 aliphatic heterocycles. The molecule has 224 valence electrons.